The molecule has 0 bridgehead atoms. The lowest BCUT2D eigenvalue weighted by Gasteiger charge is -2.28. The number of nitrogens with one attached hydrogen (secondary N) is 1. The molecule has 1 rings (SSSR count). The molecule has 0 aliphatic carbocycles. The zero-order valence-corrected chi connectivity index (χ0v) is 11.5. The molecule has 1 N–H and O–H groups in total. The van der Waals surface area contributed by atoms with Gasteiger partial charge < -0.3 is 10.1 Å². The maximum Gasteiger partial charge on any atom is 0.0576 e. The van der Waals surface area contributed by atoms with Gasteiger partial charge in [0.2, 0.25) is 0 Å². The third-order valence-electron chi connectivity index (χ3n) is 3.98. The topological polar surface area (TPSA) is 21.3 Å². The second-order valence-corrected chi connectivity index (χ2v) is 5.48. The number of hydrogen-bond acceptors (Lipinski definition) is 2. The SMILES string of the molecule is CCNC(CCC1CCCO1)C(C)C(C)C. The quantitative estimate of drug-likeness (QED) is 0.721. The monoisotopic (exact) mass is 227 g/mol. The molecule has 1 fully saturated rings. The molecule has 0 amide bonds. The van der Waals surface area contributed by atoms with E-state index in [0.29, 0.717) is 12.1 Å². The van der Waals surface area contributed by atoms with E-state index in [-0.39, 0.29) is 0 Å². The van der Waals surface area contributed by atoms with E-state index in [1.165, 1.54) is 25.7 Å². The van der Waals surface area contributed by atoms with Gasteiger partial charge >= 0.3 is 0 Å². The summed E-state index contributed by atoms with van der Waals surface area (Å²) in [5.41, 5.74) is 0. The van der Waals surface area contributed by atoms with Crippen LogP contribution in [0.15, 0.2) is 0 Å². The van der Waals surface area contributed by atoms with Crippen LogP contribution < -0.4 is 5.32 Å². The summed E-state index contributed by atoms with van der Waals surface area (Å²) in [4.78, 5) is 0. The van der Waals surface area contributed by atoms with Gasteiger partial charge in [0.15, 0.2) is 0 Å². The Morgan fingerprint density at radius 2 is 2.06 bits per heavy atom. The highest BCUT2D eigenvalue weighted by molar-refractivity contribution is 4.77. The van der Waals surface area contributed by atoms with E-state index in [4.69, 9.17) is 4.74 Å². The first-order chi connectivity index (χ1) is 7.65. The minimum atomic E-state index is 0.542. The maximum atomic E-state index is 5.69. The lowest BCUT2D eigenvalue weighted by Crippen LogP contribution is -2.37. The normalized spacial score (nSPS) is 24.9. The van der Waals surface area contributed by atoms with Crippen LogP contribution in [0.5, 0.6) is 0 Å². The van der Waals surface area contributed by atoms with Gasteiger partial charge in [-0.15, -0.1) is 0 Å². The molecule has 96 valence electrons. The van der Waals surface area contributed by atoms with E-state index in [2.05, 4.69) is 33.0 Å². The average Bonchev–Trinajstić information content (AvgIpc) is 2.75. The van der Waals surface area contributed by atoms with E-state index in [0.717, 1.165) is 25.0 Å². The van der Waals surface area contributed by atoms with Gasteiger partial charge in [-0.3, -0.25) is 0 Å². The van der Waals surface area contributed by atoms with Crippen LogP contribution in [0.2, 0.25) is 0 Å². The fourth-order valence-corrected chi connectivity index (χ4v) is 2.52. The Morgan fingerprint density at radius 1 is 1.31 bits per heavy atom. The standard InChI is InChI=1S/C14H29NO/c1-5-15-14(12(4)11(2)3)9-8-13-7-6-10-16-13/h11-15H,5-10H2,1-4H3. The summed E-state index contributed by atoms with van der Waals surface area (Å²) >= 11 is 0. The third kappa shape index (κ3) is 4.42. The van der Waals surface area contributed by atoms with Crippen LogP contribution in [-0.4, -0.2) is 25.3 Å². The van der Waals surface area contributed by atoms with Crippen LogP contribution in [0.3, 0.4) is 0 Å². The molecule has 1 aliphatic heterocycles. The van der Waals surface area contributed by atoms with Gasteiger partial charge in [0, 0.05) is 12.6 Å². The minimum Gasteiger partial charge on any atom is -0.378 e. The predicted octanol–water partition coefficient (Wildman–Crippen LogP) is 3.22. The Hall–Kier alpha value is -0.0800. The second kappa shape index (κ2) is 7.29. The molecule has 0 spiro atoms. The predicted molar refractivity (Wildman–Crippen MR) is 69.7 cm³/mol. The van der Waals surface area contributed by atoms with Crippen molar-refractivity contribution >= 4 is 0 Å². The molecule has 2 nitrogen and oxygen atoms in total. The molecule has 0 saturated carbocycles. The van der Waals surface area contributed by atoms with Crippen molar-refractivity contribution in [2.45, 2.75) is 65.5 Å². The Balaban J connectivity index is 2.31. The molecule has 3 atom stereocenters. The fourth-order valence-electron chi connectivity index (χ4n) is 2.52. The summed E-state index contributed by atoms with van der Waals surface area (Å²) in [6.45, 7) is 11.3. The molecule has 1 heterocycles. The van der Waals surface area contributed by atoms with Gasteiger partial charge in [-0.1, -0.05) is 27.7 Å². The number of hydrogen-bond donors (Lipinski definition) is 1. The van der Waals surface area contributed by atoms with Crippen molar-refractivity contribution in [2.24, 2.45) is 11.8 Å². The van der Waals surface area contributed by atoms with Crippen molar-refractivity contribution in [2.75, 3.05) is 13.2 Å². The molecule has 0 aromatic carbocycles. The zero-order chi connectivity index (χ0) is 12.0. The summed E-state index contributed by atoms with van der Waals surface area (Å²) in [6.07, 6.45) is 5.57. The average molecular weight is 227 g/mol. The largest absolute Gasteiger partial charge is 0.378 e. The van der Waals surface area contributed by atoms with Crippen molar-refractivity contribution in [3.05, 3.63) is 0 Å². The summed E-state index contributed by atoms with van der Waals surface area (Å²) in [5.74, 6) is 1.51. The van der Waals surface area contributed by atoms with Crippen LogP contribution in [-0.2, 0) is 4.74 Å². The molecule has 2 heteroatoms. The van der Waals surface area contributed by atoms with E-state index >= 15 is 0 Å². The van der Waals surface area contributed by atoms with Gasteiger partial charge in [-0.05, 0) is 44.1 Å². The summed E-state index contributed by atoms with van der Waals surface area (Å²) in [6, 6.07) is 0.661. The fraction of sp³-hybridized carbons (Fsp3) is 1.00. The van der Waals surface area contributed by atoms with Crippen molar-refractivity contribution in [1.29, 1.82) is 0 Å². The molecule has 0 aromatic rings. The maximum absolute atomic E-state index is 5.69. The Labute approximate surface area is 101 Å². The van der Waals surface area contributed by atoms with Crippen LogP contribution in [0.1, 0.15) is 53.4 Å². The number of ether oxygens (including phenoxy) is 1. The molecule has 0 aromatic heterocycles. The first kappa shape index (κ1) is 14.0. The summed E-state index contributed by atoms with van der Waals surface area (Å²) in [5, 5.41) is 3.63. The molecular formula is C14H29NO. The smallest absolute Gasteiger partial charge is 0.0576 e. The molecule has 3 unspecified atom stereocenters. The van der Waals surface area contributed by atoms with E-state index in [1.54, 1.807) is 0 Å². The van der Waals surface area contributed by atoms with Gasteiger partial charge in [0.25, 0.3) is 0 Å². The van der Waals surface area contributed by atoms with E-state index in [9.17, 15) is 0 Å². The lowest BCUT2D eigenvalue weighted by molar-refractivity contribution is 0.0961. The van der Waals surface area contributed by atoms with Gasteiger partial charge in [-0.2, -0.15) is 0 Å². The lowest BCUT2D eigenvalue weighted by atomic mass is 9.87. The first-order valence-corrected chi connectivity index (χ1v) is 7.00. The molecule has 1 saturated heterocycles. The van der Waals surface area contributed by atoms with E-state index in [1.807, 2.05) is 0 Å². The highest BCUT2D eigenvalue weighted by atomic mass is 16.5. The van der Waals surface area contributed by atoms with Crippen LogP contribution >= 0.6 is 0 Å². The number of rotatable bonds is 7. The minimum absolute atomic E-state index is 0.542. The van der Waals surface area contributed by atoms with E-state index < -0.39 is 0 Å². The Kier molecular flexibility index (Phi) is 6.37. The third-order valence-corrected chi connectivity index (χ3v) is 3.98. The van der Waals surface area contributed by atoms with Crippen LogP contribution in [0.4, 0.5) is 0 Å². The van der Waals surface area contributed by atoms with Crippen molar-refractivity contribution in [1.82, 2.24) is 5.32 Å². The highest BCUT2D eigenvalue weighted by Crippen LogP contribution is 2.22. The summed E-state index contributed by atoms with van der Waals surface area (Å²) < 4.78 is 5.69. The first-order valence-electron chi connectivity index (χ1n) is 7.00. The summed E-state index contributed by atoms with van der Waals surface area (Å²) in [7, 11) is 0. The van der Waals surface area contributed by atoms with Gasteiger partial charge in [-0.25, -0.2) is 0 Å². The van der Waals surface area contributed by atoms with Gasteiger partial charge in [0.05, 0.1) is 6.10 Å². The van der Waals surface area contributed by atoms with Crippen LogP contribution in [0, 0.1) is 11.8 Å². The van der Waals surface area contributed by atoms with Crippen molar-refractivity contribution in [3.63, 3.8) is 0 Å². The Bertz CT molecular complexity index is 176. The Morgan fingerprint density at radius 3 is 2.56 bits per heavy atom. The van der Waals surface area contributed by atoms with Crippen LogP contribution in [0.25, 0.3) is 0 Å². The zero-order valence-electron chi connectivity index (χ0n) is 11.5. The molecule has 16 heavy (non-hydrogen) atoms. The van der Waals surface area contributed by atoms with Crippen molar-refractivity contribution in [3.8, 4) is 0 Å². The van der Waals surface area contributed by atoms with Crippen molar-refractivity contribution < 1.29 is 4.74 Å². The van der Waals surface area contributed by atoms with Gasteiger partial charge in [0.1, 0.15) is 0 Å². The molecule has 1 aliphatic rings. The molecular weight excluding hydrogens is 198 g/mol. The highest BCUT2D eigenvalue weighted by Gasteiger charge is 2.22. The second-order valence-electron chi connectivity index (χ2n) is 5.48. The molecule has 0 radical (unpaired) electrons.